The Bertz CT molecular complexity index is 10800. The summed E-state index contributed by atoms with van der Waals surface area (Å²) in [6.45, 7) is 0. The molecule has 0 bridgehead atoms. The van der Waals surface area contributed by atoms with Crippen molar-refractivity contribution in [2.24, 2.45) is 0 Å². The van der Waals surface area contributed by atoms with Crippen LogP contribution < -0.4 is 0 Å². The topological polar surface area (TPSA) is 105 Å². The third-order valence-electron chi connectivity index (χ3n) is 29.0. The Morgan fingerprint density at radius 1 is 0.191 bits per heavy atom. The molecule has 9 heterocycles. The van der Waals surface area contributed by atoms with Gasteiger partial charge in [0.1, 0.15) is 16.8 Å². The van der Waals surface area contributed by atoms with Gasteiger partial charge in [-0.05, 0) is 209 Å². The molecule has 10 nitrogen and oxygen atoms in total. The van der Waals surface area contributed by atoms with Crippen LogP contribution in [0.1, 0.15) is 0 Å². The van der Waals surface area contributed by atoms with Crippen molar-refractivity contribution >= 4 is 258 Å². The molecule has 12 heteroatoms. The summed E-state index contributed by atoms with van der Waals surface area (Å²) in [6, 6.07) is 149. The lowest BCUT2D eigenvalue weighted by atomic mass is 9.89. The molecule has 0 unspecified atom stereocenters. The van der Waals surface area contributed by atoms with Gasteiger partial charge in [-0.15, -0.1) is 22.7 Å². The quantitative estimate of drug-likeness (QED) is 0.140. The Hall–Kier alpha value is -17.7. The third kappa shape index (κ3) is 10.5. The zero-order valence-corrected chi connectivity index (χ0v) is 74.1. The highest BCUT2D eigenvalue weighted by Crippen LogP contribution is 2.51. The lowest BCUT2D eigenvalue weighted by molar-refractivity contribution is 0.666. The van der Waals surface area contributed by atoms with E-state index in [1.807, 2.05) is 12.1 Å². The van der Waals surface area contributed by atoms with Crippen LogP contribution in [-0.2, 0) is 0 Å². The van der Waals surface area contributed by atoms with Crippen molar-refractivity contribution in [1.29, 1.82) is 0 Å². The van der Waals surface area contributed by atoms with Crippen LogP contribution in [-0.4, -0.2) is 43.6 Å². The minimum atomic E-state index is 0.557. The molecule has 22 aromatic carbocycles. The van der Waals surface area contributed by atoms with Crippen molar-refractivity contribution < 1.29 is 4.42 Å². The average Bonchev–Trinajstić information content (AvgIpc) is 1.40. The standard InChI is InChI=1S/C124H67N9OS2/c1-2-23-75-65-78(52-41-68(75)21-1)115-121-118(95-34-14-20-40-106(95)136-121)130-124(127-115)133-100-37-17-11-31-92(100)112-89-58-55-76-66-96(80-25-5-7-27-82(80)108(76)86(89)61-64-103(112)133)70-43-48-73(49-44-70)113-119-116(93-32-12-18-38-104(93)134-119)128-122(125-113)131-98-35-15-9-29-90(98)111-88-57-54-77-67-97(81-26-6-8-28-83(81)109(77)85(88)60-63-101(111)131)71-45-50-74(51-46-71)114-120-117(94-33-13-19-39-105(94)135-120)129-123(126-114)132-99-36-16-10-30-91(99)110-87-56-53-72-47-42-69-22-3-4-24-79(69)107(72)84(87)59-62-102(110)132/h1-67H. The second kappa shape index (κ2) is 27.9. The molecule has 626 valence electrons. The molecule has 9 aromatic heterocycles. The van der Waals surface area contributed by atoms with Crippen LogP contribution in [0.3, 0.4) is 0 Å². The maximum atomic E-state index is 6.91. The van der Waals surface area contributed by atoms with E-state index in [0.29, 0.717) is 29.1 Å². The molecule has 0 aliphatic rings. The third-order valence-corrected chi connectivity index (χ3v) is 31.4. The molecule has 0 spiro atoms. The van der Waals surface area contributed by atoms with Gasteiger partial charge in [0.2, 0.25) is 17.8 Å². The number of hydrogen-bond acceptors (Lipinski definition) is 9. The zero-order valence-electron chi connectivity index (χ0n) is 72.4. The Balaban J connectivity index is 0.510. The van der Waals surface area contributed by atoms with Crippen molar-refractivity contribution in [3.63, 3.8) is 0 Å². The fraction of sp³-hybridized carbons (Fsp3) is 0. The normalized spacial score (nSPS) is 12.4. The number of para-hydroxylation sites is 4. The summed E-state index contributed by atoms with van der Waals surface area (Å²) in [7, 11) is 0. The van der Waals surface area contributed by atoms with Gasteiger partial charge in [0.05, 0.1) is 64.9 Å². The highest BCUT2D eigenvalue weighted by molar-refractivity contribution is 7.26. The van der Waals surface area contributed by atoms with Gasteiger partial charge < -0.3 is 4.42 Å². The van der Waals surface area contributed by atoms with Gasteiger partial charge in [-0.25, -0.2) is 29.9 Å². The van der Waals surface area contributed by atoms with E-state index in [1.54, 1.807) is 22.7 Å². The van der Waals surface area contributed by atoms with E-state index in [9.17, 15) is 0 Å². The number of aromatic nitrogens is 9. The highest BCUT2D eigenvalue weighted by atomic mass is 32.1. The fourth-order valence-electron chi connectivity index (χ4n) is 23.0. The average molecular weight is 1760 g/mol. The molecule has 0 aliphatic heterocycles. The largest absolute Gasteiger partial charge is 0.452 e. The first-order valence-electron chi connectivity index (χ1n) is 46.1. The van der Waals surface area contributed by atoms with E-state index in [1.165, 1.54) is 106 Å². The summed E-state index contributed by atoms with van der Waals surface area (Å²) in [5.74, 6) is 1.84. The first-order chi connectivity index (χ1) is 67.4. The molecular weight excluding hydrogens is 1700 g/mol. The van der Waals surface area contributed by atoms with Gasteiger partial charge in [0, 0.05) is 74.6 Å². The maximum Gasteiger partial charge on any atom is 0.236 e. The van der Waals surface area contributed by atoms with E-state index in [2.05, 4.69) is 408 Å². The number of furan rings is 1. The first kappa shape index (κ1) is 74.0. The summed E-state index contributed by atoms with van der Waals surface area (Å²) in [4.78, 5) is 33.7. The second-order valence-corrected chi connectivity index (χ2v) is 38.2. The van der Waals surface area contributed by atoms with E-state index in [-0.39, 0.29) is 0 Å². The summed E-state index contributed by atoms with van der Waals surface area (Å²) in [5.41, 5.74) is 20.3. The lowest BCUT2D eigenvalue weighted by Gasteiger charge is -2.15. The first-order valence-corrected chi connectivity index (χ1v) is 47.7. The highest BCUT2D eigenvalue weighted by Gasteiger charge is 2.29. The van der Waals surface area contributed by atoms with Crippen molar-refractivity contribution in [1.82, 2.24) is 43.6 Å². The molecule has 0 aliphatic carbocycles. The Morgan fingerprint density at radius 3 is 1.04 bits per heavy atom. The Morgan fingerprint density at radius 2 is 0.522 bits per heavy atom. The molecule has 0 radical (unpaired) electrons. The molecule has 0 atom stereocenters. The van der Waals surface area contributed by atoms with Crippen molar-refractivity contribution in [2.75, 3.05) is 0 Å². The Labute approximate surface area is 781 Å². The molecule has 0 fully saturated rings. The SMILES string of the molecule is c1ccc2cc(-c3nc(-n4c5ccccc5c5c6ccc7cc(-c8ccc(-c9nc(-n%10c%11ccccc%11c%11c%12ccc%13cc(-c%14ccc(-c%15nc(-n%16c%17ccccc%17c%17c%18ccc%19ccc%20ccccc%20c%19c%18ccc%17%16)nc%16c%15sc%15ccccc%15%16)cc%14)c%14ccccc%14c%13c%12ccc%11%10)nc%10c9oc9ccccc9%10)cc8)c8ccccc8c7c6ccc54)nc4c3sc3ccccc34)ccc2c1. The predicted molar refractivity (Wildman–Crippen MR) is 572 cm³/mol. The van der Waals surface area contributed by atoms with Crippen LogP contribution in [0.25, 0.3) is 310 Å². The number of nitrogens with zero attached hydrogens (tertiary/aromatic N) is 9. The van der Waals surface area contributed by atoms with E-state index < -0.39 is 0 Å². The lowest BCUT2D eigenvalue weighted by Crippen LogP contribution is -2.03. The van der Waals surface area contributed by atoms with Crippen molar-refractivity contribution in [2.45, 2.75) is 0 Å². The summed E-state index contributed by atoms with van der Waals surface area (Å²) < 4.78 is 18.2. The molecule has 0 amide bonds. The zero-order chi connectivity index (χ0) is 88.4. The monoisotopic (exact) mass is 1760 g/mol. The Kier molecular flexibility index (Phi) is 15.2. The van der Waals surface area contributed by atoms with Crippen LogP contribution in [0.2, 0.25) is 0 Å². The maximum absolute atomic E-state index is 6.91. The number of benzene rings is 22. The second-order valence-electron chi connectivity index (χ2n) is 36.1. The minimum absolute atomic E-state index is 0.557. The smallest absolute Gasteiger partial charge is 0.236 e. The molecule has 31 rings (SSSR count). The van der Waals surface area contributed by atoms with Gasteiger partial charge in [-0.2, -0.15) is 0 Å². The van der Waals surface area contributed by atoms with Crippen LogP contribution in [0, 0.1) is 0 Å². The minimum Gasteiger partial charge on any atom is -0.452 e. The number of hydrogen-bond donors (Lipinski definition) is 0. The molecule has 0 N–H and O–H groups in total. The molecular formula is C124H67N9OS2. The van der Waals surface area contributed by atoms with Gasteiger partial charge in [0.15, 0.2) is 5.58 Å². The van der Waals surface area contributed by atoms with Crippen molar-refractivity contribution in [3.8, 4) is 73.9 Å². The summed E-state index contributed by atoms with van der Waals surface area (Å²) in [5, 5.41) is 34.0. The van der Waals surface area contributed by atoms with Gasteiger partial charge >= 0.3 is 0 Å². The van der Waals surface area contributed by atoms with E-state index in [4.69, 9.17) is 34.3 Å². The van der Waals surface area contributed by atoms with Crippen LogP contribution >= 0.6 is 22.7 Å². The van der Waals surface area contributed by atoms with Crippen LogP contribution in [0.15, 0.2) is 411 Å². The summed E-state index contributed by atoms with van der Waals surface area (Å²) in [6.07, 6.45) is 0. The molecule has 31 aromatic rings. The van der Waals surface area contributed by atoms with E-state index >= 15 is 0 Å². The van der Waals surface area contributed by atoms with Gasteiger partial charge in [0.25, 0.3) is 0 Å². The summed E-state index contributed by atoms with van der Waals surface area (Å²) >= 11 is 3.52. The van der Waals surface area contributed by atoms with Crippen LogP contribution in [0.5, 0.6) is 0 Å². The fourth-order valence-corrected chi connectivity index (χ4v) is 25.3. The van der Waals surface area contributed by atoms with Gasteiger partial charge in [-0.3, -0.25) is 13.7 Å². The van der Waals surface area contributed by atoms with E-state index in [0.717, 1.165) is 174 Å². The number of rotatable bonds is 8. The molecule has 0 saturated heterocycles. The predicted octanol–water partition coefficient (Wildman–Crippen LogP) is 33.9. The molecule has 0 saturated carbocycles. The number of fused-ring (bicyclic) bond motifs is 37. The van der Waals surface area contributed by atoms with Crippen LogP contribution in [0.4, 0.5) is 0 Å². The number of thiophene rings is 2. The van der Waals surface area contributed by atoms with Gasteiger partial charge in [-0.1, -0.05) is 328 Å². The van der Waals surface area contributed by atoms with Crippen molar-refractivity contribution in [3.05, 3.63) is 406 Å². The molecule has 136 heavy (non-hydrogen) atoms.